The molecule has 0 bridgehead atoms. The first kappa shape index (κ1) is 17.7. The number of benzene rings is 2. The van der Waals surface area contributed by atoms with Crippen molar-refractivity contribution in [3.63, 3.8) is 0 Å². The zero-order valence-corrected chi connectivity index (χ0v) is 13.8. The molecule has 0 amide bonds. The number of aliphatic hydroxyl groups excluding tert-OH is 2. The second kappa shape index (κ2) is 9.46. The predicted octanol–water partition coefficient (Wildman–Crippen LogP) is 2.88. The normalized spacial score (nSPS) is 12.7. The van der Waals surface area contributed by atoms with E-state index >= 15 is 0 Å². The van der Waals surface area contributed by atoms with Crippen molar-refractivity contribution < 1.29 is 10.2 Å². The number of nitrogens with zero attached hydrogens (tertiary/aromatic N) is 1. The van der Waals surface area contributed by atoms with Crippen LogP contribution in [0.2, 0.25) is 0 Å². The van der Waals surface area contributed by atoms with Crippen LogP contribution in [0.5, 0.6) is 0 Å². The van der Waals surface area contributed by atoms with Gasteiger partial charge in [-0.3, -0.25) is 4.90 Å². The fourth-order valence-corrected chi connectivity index (χ4v) is 3.36. The van der Waals surface area contributed by atoms with Gasteiger partial charge in [-0.25, -0.2) is 0 Å². The summed E-state index contributed by atoms with van der Waals surface area (Å²) in [6.45, 7) is 3.54. The molecule has 0 saturated heterocycles. The largest absolute Gasteiger partial charge is 0.395 e. The Balaban J connectivity index is 2.42. The summed E-state index contributed by atoms with van der Waals surface area (Å²) >= 11 is 0. The molecule has 0 spiro atoms. The second-order valence-corrected chi connectivity index (χ2v) is 5.76. The average molecular weight is 313 g/mol. The lowest BCUT2D eigenvalue weighted by atomic mass is 9.83. The monoisotopic (exact) mass is 313 g/mol. The number of hydrogen-bond acceptors (Lipinski definition) is 3. The van der Waals surface area contributed by atoms with Crippen LogP contribution in [0.3, 0.4) is 0 Å². The Labute approximate surface area is 139 Å². The Kier molecular flexibility index (Phi) is 7.27. The zero-order valence-electron chi connectivity index (χ0n) is 13.8. The summed E-state index contributed by atoms with van der Waals surface area (Å²) in [5.41, 5.74) is 2.54. The van der Waals surface area contributed by atoms with Crippen LogP contribution >= 0.6 is 0 Å². The summed E-state index contributed by atoms with van der Waals surface area (Å²) in [6, 6.07) is 21.2. The lowest BCUT2D eigenvalue weighted by Gasteiger charge is -2.36. The van der Waals surface area contributed by atoms with Crippen molar-refractivity contribution in [2.75, 3.05) is 26.3 Å². The number of rotatable bonds is 9. The molecule has 0 aliphatic heterocycles. The Bertz CT molecular complexity index is 499. The topological polar surface area (TPSA) is 43.7 Å². The highest BCUT2D eigenvalue weighted by Crippen LogP contribution is 2.32. The molecule has 0 heterocycles. The second-order valence-electron chi connectivity index (χ2n) is 5.76. The molecule has 2 rings (SSSR count). The number of hydrogen-bond donors (Lipinski definition) is 2. The third kappa shape index (κ3) is 4.64. The van der Waals surface area contributed by atoms with Crippen LogP contribution in [-0.4, -0.2) is 47.5 Å². The van der Waals surface area contributed by atoms with Crippen LogP contribution in [0.15, 0.2) is 60.7 Å². The van der Waals surface area contributed by atoms with Gasteiger partial charge in [0.25, 0.3) is 0 Å². The molecule has 3 nitrogen and oxygen atoms in total. The molecule has 1 atom stereocenters. The molecular weight excluding hydrogens is 286 g/mol. The van der Waals surface area contributed by atoms with E-state index in [0.29, 0.717) is 13.1 Å². The van der Waals surface area contributed by atoms with Crippen LogP contribution in [0.25, 0.3) is 0 Å². The van der Waals surface area contributed by atoms with Crippen molar-refractivity contribution in [3.8, 4) is 0 Å². The Hall–Kier alpha value is -1.68. The van der Waals surface area contributed by atoms with E-state index in [0.717, 1.165) is 6.42 Å². The van der Waals surface area contributed by atoms with Gasteiger partial charge in [0.1, 0.15) is 0 Å². The van der Waals surface area contributed by atoms with Gasteiger partial charge in [-0.1, -0.05) is 67.6 Å². The summed E-state index contributed by atoms with van der Waals surface area (Å²) in [6.07, 6.45) is 0.953. The predicted molar refractivity (Wildman–Crippen MR) is 94.6 cm³/mol. The van der Waals surface area contributed by atoms with Gasteiger partial charge >= 0.3 is 0 Å². The minimum absolute atomic E-state index is 0.104. The van der Waals surface area contributed by atoms with Crippen molar-refractivity contribution in [1.29, 1.82) is 0 Å². The van der Waals surface area contributed by atoms with Crippen molar-refractivity contribution in [2.45, 2.75) is 25.3 Å². The third-order valence-corrected chi connectivity index (χ3v) is 4.36. The maximum absolute atomic E-state index is 9.41. The summed E-state index contributed by atoms with van der Waals surface area (Å²) in [7, 11) is 0. The van der Waals surface area contributed by atoms with Crippen molar-refractivity contribution in [1.82, 2.24) is 4.90 Å². The van der Waals surface area contributed by atoms with Gasteiger partial charge in [0.15, 0.2) is 0 Å². The Morgan fingerprint density at radius 2 is 1.22 bits per heavy atom. The summed E-state index contributed by atoms with van der Waals surface area (Å²) in [4.78, 5) is 2.20. The molecule has 0 aromatic heterocycles. The first-order chi connectivity index (χ1) is 11.3. The molecule has 2 aromatic carbocycles. The fraction of sp³-hybridized carbons (Fsp3) is 0.400. The van der Waals surface area contributed by atoms with Crippen LogP contribution in [0, 0.1) is 0 Å². The van der Waals surface area contributed by atoms with E-state index in [-0.39, 0.29) is 25.2 Å². The van der Waals surface area contributed by atoms with Crippen molar-refractivity contribution in [3.05, 3.63) is 71.8 Å². The fourth-order valence-electron chi connectivity index (χ4n) is 3.36. The van der Waals surface area contributed by atoms with Gasteiger partial charge in [-0.15, -0.1) is 0 Å². The van der Waals surface area contributed by atoms with Crippen molar-refractivity contribution >= 4 is 0 Å². The van der Waals surface area contributed by atoms with Gasteiger partial charge in [-0.2, -0.15) is 0 Å². The number of aliphatic hydroxyl groups is 2. The van der Waals surface area contributed by atoms with E-state index in [1.165, 1.54) is 11.1 Å². The Morgan fingerprint density at radius 1 is 0.783 bits per heavy atom. The van der Waals surface area contributed by atoms with Gasteiger partial charge < -0.3 is 10.2 Å². The van der Waals surface area contributed by atoms with E-state index in [4.69, 9.17) is 0 Å². The van der Waals surface area contributed by atoms with Crippen LogP contribution in [0.1, 0.15) is 30.4 Å². The molecule has 124 valence electrons. The van der Waals surface area contributed by atoms with E-state index in [1.54, 1.807) is 0 Å². The highest BCUT2D eigenvalue weighted by Gasteiger charge is 2.28. The van der Waals surface area contributed by atoms with E-state index in [9.17, 15) is 10.2 Å². The van der Waals surface area contributed by atoms with E-state index < -0.39 is 0 Å². The van der Waals surface area contributed by atoms with Crippen LogP contribution < -0.4 is 0 Å². The summed E-state index contributed by atoms with van der Waals surface area (Å²) < 4.78 is 0. The lowest BCUT2D eigenvalue weighted by molar-refractivity contribution is 0.111. The van der Waals surface area contributed by atoms with Crippen molar-refractivity contribution in [2.24, 2.45) is 0 Å². The zero-order chi connectivity index (χ0) is 16.5. The van der Waals surface area contributed by atoms with Crippen LogP contribution in [0.4, 0.5) is 0 Å². The highest BCUT2D eigenvalue weighted by molar-refractivity contribution is 5.34. The third-order valence-electron chi connectivity index (χ3n) is 4.36. The first-order valence-corrected chi connectivity index (χ1v) is 8.37. The van der Waals surface area contributed by atoms with Gasteiger partial charge in [-0.05, 0) is 17.5 Å². The SMILES string of the molecule is CCC(C(c1ccccc1)c1ccccc1)N(CCO)CCO. The maximum Gasteiger partial charge on any atom is 0.0558 e. The summed E-state index contributed by atoms with van der Waals surface area (Å²) in [5, 5.41) is 18.8. The summed E-state index contributed by atoms with van der Waals surface area (Å²) in [5.74, 6) is 0.223. The standard InChI is InChI=1S/C20H27NO2/c1-2-19(21(13-15-22)14-16-23)20(17-9-5-3-6-10-17)18-11-7-4-8-12-18/h3-12,19-20,22-23H,2,13-16H2,1H3. The molecular formula is C20H27NO2. The minimum Gasteiger partial charge on any atom is -0.395 e. The minimum atomic E-state index is 0.104. The smallest absolute Gasteiger partial charge is 0.0558 e. The molecule has 3 heteroatoms. The van der Waals surface area contributed by atoms with E-state index in [1.807, 2.05) is 12.1 Å². The van der Waals surface area contributed by atoms with Gasteiger partial charge in [0.2, 0.25) is 0 Å². The molecule has 23 heavy (non-hydrogen) atoms. The quantitative estimate of drug-likeness (QED) is 0.748. The maximum atomic E-state index is 9.41. The molecule has 1 unspecified atom stereocenters. The molecule has 0 saturated carbocycles. The lowest BCUT2D eigenvalue weighted by Crippen LogP contribution is -2.43. The highest BCUT2D eigenvalue weighted by atomic mass is 16.3. The molecule has 0 aliphatic rings. The molecule has 2 N–H and O–H groups in total. The van der Waals surface area contributed by atoms with Gasteiger partial charge in [0.05, 0.1) is 13.2 Å². The molecule has 0 aliphatic carbocycles. The first-order valence-electron chi connectivity index (χ1n) is 8.37. The van der Waals surface area contributed by atoms with Gasteiger partial charge in [0, 0.05) is 25.0 Å². The average Bonchev–Trinajstić information content (AvgIpc) is 2.61. The molecule has 2 aromatic rings. The van der Waals surface area contributed by atoms with E-state index in [2.05, 4.69) is 60.4 Å². The molecule has 0 fully saturated rings. The van der Waals surface area contributed by atoms with Crippen LogP contribution in [-0.2, 0) is 0 Å². The molecule has 0 radical (unpaired) electrons. The Morgan fingerprint density at radius 3 is 1.57 bits per heavy atom.